The van der Waals surface area contributed by atoms with Gasteiger partial charge in [0.05, 0.1) is 12.1 Å². The number of guanidine groups is 1. The molecule has 25 heavy (non-hydrogen) atoms. The third kappa shape index (κ3) is 8.26. The van der Waals surface area contributed by atoms with E-state index in [4.69, 9.17) is 0 Å². The highest BCUT2D eigenvalue weighted by Gasteiger charge is 2.29. The average Bonchev–Trinajstić information content (AvgIpc) is 2.55. The summed E-state index contributed by atoms with van der Waals surface area (Å²) in [4.78, 5) is 7.15. The van der Waals surface area contributed by atoms with Crippen molar-refractivity contribution in [2.75, 3.05) is 32.7 Å². The predicted octanol–water partition coefficient (Wildman–Crippen LogP) is 2.90. The van der Waals surface area contributed by atoms with Crippen molar-refractivity contribution >= 4 is 29.9 Å². The maximum Gasteiger partial charge on any atom is 0.191 e. The Labute approximate surface area is 170 Å². The van der Waals surface area contributed by atoms with E-state index in [-0.39, 0.29) is 24.0 Å². The van der Waals surface area contributed by atoms with Crippen molar-refractivity contribution in [3.8, 4) is 0 Å². The van der Waals surface area contributed by atoms with Crippen molar-refractivity contribution < 1.29 is 5.11 Å². The number of likely N-dealkylation sites (tertiary alicyclic amines) is 1. The highest BCUT2D eigenvalue weighted by molar-refractivity contribution is 14.0. The molecule has 0 unspecified atom stereocenters. The summed E-state index contributed by atoms with van der Waals surface area (Å²) in [5, 5.41) is 17.5. The van der Waals surface area contributed by atoms with E-state index < -0.39 is 5.60 Å². The third-order valence-electron chi connectivity index (χ3n) is 5.08. The van der Waals surface area contributed by atoms with E-state index in [1.54, 1.807) is 0 Å². The second kappa shape index (κ2) is 11.4. The van der Waals surface area contributed by atoms with Crippen LogP contribution >= 0.6 is 24.0 Å². The number of halogens is 1. The van der Waals surface area contributed by atoms with E-state index in [9.17, 15) is 5.11 Å². The summed E-state index contributed by atoms with van der Waals surface area (Å²) in [5.41, 5.74) is 0.642. The minimum absolute atomic E-state index is 0. The Balaban J connectivity index is 0.00000312. The molecule has 1 saturated carbocycles. The van der Waals surface area contributed by atoms with Crippen LogP contribution in [0, 0.1) is 0 Å². The molecule has 1 aliphatic carbocycles. The molecule has 0 radical (unpaired) electrons. The van der Waals surface area contributed by atoms with Gasteiger partial charge in [0.15, 0.2) is 5.96 Å². The molecule has 1 aliphatic heterocycles. The van der Waals surface area contributed by atoms with Gasteiger partial charge in [-0.2, -0.15) is 0 Å². The minimum Gasteiger partial charge on any atom is -0.388 e. The van der Waals surface area contributed by atoms with Crippen LogP contribution in [0.15, 0.2) is 17.1 Å². The first kappa shape index (κ1) is 22.7. The number of piperidine rings is 1. The Hall–Kier alpha value is -0.340. The summed E-state index contributed by atoms with van der Waals surface area (Å²) >= 11 is 0. The molecule has 0 aromatic carbocycles. The van der Waals surface area contributed by atoms with Crippen LogP contribution in [0.3, 0.4) is 0 Å². The van der Waals surface area contributed by atoms with E-state index in [0.717, 1.165) is 70.7 Å². The maximum atomic E-state index is 10.6. The van der Waals surface area contributed by atoms with Crippen LogP contribution in [-0.2, 0) is 0 Å². The van der Waals surface area contributed by atoms with E-state index >= 15 is 0 Å². The molecule has 1 saturated heterocycles. The molecular formula is C19H37IN4O. The first-order chi connectivity index (χ1) is 11.5. The highest BCUT2D eigenvalue weighted by Crippen LogP contribution is 2.28. The van der Waals surface area contributed by atoms with Gasteiger partial charge in [0.1, 0.15) is 0 Å². The zero-order valence-corrected chi connectivity index (χ0v) is 18.3. The lowest BCUT2D eigenvalue weighted by atomic mass is 9.85. The predicted molar refractivity (Wildman–Crippen MR) is 117 cm³/mol. The van der Waals surface area contributed by atoms with Gasteiger partial charge in [-0.15, -0.1) is 24.0 Å². The maximum absolute atomic E-state index is 10.6. The lowest BCUT2D eigenvalue weighted by Crippen LogP contribution is -2.49. The fourth-order valence-corrected chi connectivity index (χ4v) is 3.72. The fraction of sp³-hybridized carbons (Fsp3) is 0.842. The summed E-state index contributed by atoms with van der Waals surface area (Å²) in [7, 11) is 0. The van der Waals surface area contributed by atoms with Crippen molar-refractivity contribution in [3.63, 3.8) is 0 Å². The van der Waals surface area contributed by atoms with Crippen molar-refractivity contribution in [3.05, 3.63) is 12.2 Å². The Morgan fingerprint density at radius 1 is 1.24 bits per heavy atom. The number of aliphatic hydroxyl groups is 1. The summed E-state index contributed by atoms with van der Waals surface area (Å²) < 4.78 is 0. The molecule has 0 aromatic heterocycles. The van der Waals surface area contributed by atoms with E-state index in [1.165, 1.54) is 12.0 Å². The molecule has 0 bridgehead atoms. The molecule has 5 nitrogen and oxygen atoms in total. The SMILES string of the molecule is C=C(C)CN1CCC(NC(=NCC2(O)CCCCC2)NCC)CC1.I. The van der Waals surface area contributed by atoms with E-state index in [2.05, 4.69) is 41.0 Å². The second-order valence-electron chi connectivity index (χ2n) is 7.63. The molecule has 0 spiro atoms. The molecule has 6 heteroatoms. The van der Waals surface area contributed by atoms with Gasteiger partial charge in [0.25, 0.3) is 0 Å². The van der Waals surface area contributed by atoms with Crippen LogP contribution in [0.4, 0.5) is 0 Å². The molecule has 0 aromatic rings. The smallest absolute Gasteiger partial charge is 0.191 e. The van der Waals surface area contributed by atoms with Crippen LogP contribution in [0.1, 0.15) is 58.8 Å². The lowest BCUT2D eigenvalue weighted by Gasteiger charge is -2.34. The van der Waals surface area contributed by atoms with Gasteiger partial charge in [-0.1, -0.05) is 31.4 Å². The Kier molecular flexibility index (Phi) is 10.3. The number of nitrogens with zero attached hydrogens (tertiary/aromatic N) is 2. The molecule has 0 atom stereocenters. The molecule has 2 fully saturated rings. The van der Waals surface area contributed by atoms with Crippen molar-refractivity contribution in [2.45, 2.75) is 70.4 Å². The van der Waals surface area contributed by atoms with Crippen molar-refractivity contribution in [1.82, 2.24) is 15.5 Å². The van der Waals surface area contributed by atoms with Gasteiger partial charge in [0.2, 0.25) is 0 Å². The topological polar surface area (TPSA) is 59.9 Å². The van der Waals surface area contributed by atoms with Gasteiger partial charge in [-0.05, 0) is 39.5 Å². The van der Waals surface area contributed by atoms with Crippen LogP contribution < -0.4 is 10.6 Å². The van der Waals surface area contributed by atoms with Crippen molar-refractivity contribution in [1.29, 1.82) is 0 Å². The molecule has 2 aliphatic rings. The van der Waals surface area contributed by atoms with Crippen molar-refractivity contribution in [2.24, 2.45) is 4.99 Å². The summed E-state index contributed by atoms with van der Waals surface area (Å²) in [6.45, 7) is 12.8. The standard InChI is InChI=1S/C19H36N4O.HI/c1-4-20-18(21-15-19(24)10-6-5-7-11-19)22-17-8-12-23(13-9-17)14-16(2)3;/h17,24H,2,4-15H2,1,3H3,(H2,20,21,22);1H. The molecular weight excluding hydrogens is 427 g/mol. The summed E-state index contributed by atoms with van der Waals surface area (Å²) in [6, 6.07) is 0.463. The first-order valence-electron chi connectivity index (χ1n) is 9.65. The highest BCUT2D eigenvalue weighted by atomic mass is 127. The molecule has 1 heterocycles. The summed E-state index contributed by atoms with van der Waals surface area (Å²) in [5.74, 6) is 0.856. The quantitative estimate of drug-likeness (QED) is 0.245. The largest absolute Gasteiger partial charge is 0.388 e. The van der Waals surface area contributed by atoms with Gasteiger partial charge >= 0.3 is 0 Å². The third-order valence-corrected chi connectivity index (χ3v) is 5.08. The van der Waals surface area contributed by atoms with Crippen LogP contribution in [-0.4, -0.2) is 60.3 Å². The first-order valence-corrected chi connectivity index (χ1v) is 9.65. The summed E-state index contributed by atoms with van der Waals surface area (Å²) in [6.07, 6.45) is 7.51. The number of hydrogen-bond donors (Lipinski definition) is 3. The number of hydrogen-bond acceptors (Lipinski definition) is 3. The fourth-order valence-electron chi connectivity index (χ4n) is 3.72. The zero-order valence-electron chi connectivity index (χ0n) is 16.0. The molecule has 3 N–H and O–H groups in total. The van der Waals surface area contributed by atoms with Gasteiger partial charge < -0.3 is 15.7 Å². The van der Waals surface area contributed by atoms with Gasteiger partial charge in [0, 0.05) is 32.2 Å². The minimum atomic E-state index is -0.592. The zero-order chi connectivity index (χ0) is 17.4. The van der Waals surface area contributed by atoms with E-state index in [0.29, 0.717) is 12.6 Å². The number of rotatable bonds is 6. The monoisotopic (exact) mass is 464 g/mol. The molecule has 146 valence electrons. The molecule has 0 amide bonds. The van der Waals surface area contributed by atoms with Crippen LogP contribution in [0.5, 0.6) is 0 Å². The Morgan fingerprint density at radius 3 is 2.44 bits per heavy atom. The van der Waals surface area contributed by atoms with Crippen LogP contribution in [0.2, 0.25) is 0 Å². The average molecular weight is 464 g/mol. The number of aliphatic imine (C=N–C) groups is 1. The Bertz CT molecular complexity index is 427. The van der Waals surface area contributed by atoms with E-state index in [1.807, 2.05) is 0 Å². The Morgan fingerprint density at radius 2 is 1.88 bits per heavy atom. The number of nitrogens with one attached hydrogen (secondary N) is 2. The second-order valence-corrected chi connectivity index (χ2v) is 7.63. The lowest BCUT2D eigenvalue weighted by molar-refractivity contribution is 0.0131. The normalized spacial score (nSPS) is 22.1. The van der Waals surface area contributed by atoms with Crippen LogP contribution in [0.25, 0.3) is 0 Å². The van der Waals surface area contributed by atoms with Gasteiger partial charge in [-0.3, -0.25) is 9.89 Å². The molecule has 2 rings (SSSR count). The van der Waals surface area contributed by atoms with Gasteiger partial charge in [-0.25, -0.2) is 0 Å².